The van der Waals surface area contributed by atoms with Crippen molar-refractivity contribution in [2.45, 2.75) is 29.9 Å². The number of rotatable bonds is 4. The number of nitrogens with one attached hydrogen (secondary N) is 1. The molecule has 0 aliphatic carbocycles. The Labute approximate surface area is 157 Å². The van der Waals surface area contributed by atoms with E-state index in [2.05, 4.69) is 5.32 Å². The summed E-state index contributed by atoms with van der Waals surface area (Å²) in [5.41, 5.74) is 3.85. The minimum atomic E-state index is -3.61. The Morgan fingerprint density at radius 2 is 1.54 bits per heavy atom. The zero-order valence-electron chi connectivity index (χ0n) is 14.7. The minimum absolute atomic E-state index is 0.159. The molecular formula is C20H19NO3S2. The molecule has 26 heavy (non-hydrogen) atoms. The highest BCUT2D eigenvalue weighted by atomic mass is 32.2. The lowest BCUT2D eigenvalue weighted by Gasteiger charge is -2.12. The number of hydrogen-bond donors (Lipinski definition) is 1. The summed E-state index contributed by atoms with van der Waals surface area (Å²) >= 11 is 0.977. The van der Waals surface area contributed by atoms with Gasteiger partial charge in [-0.05, 0) is 56.2 Å². The molecule has 1 heterocycles. The molecule has 0 aliphatic heterocycles. The molecule has 1 N–H and O–H groups in total. The molecule has 6 heteroatoms. The molecule has 4 nitrogen and oxygen atoms in total. The lowest BCUT2D eigenvalue weighted by molar-refractivity contribution is 0.103. The van der Waals surface area contributed by atoms with E-state index in [-0.39, 0.29) is 15.0 Å². The third kappa shape index (κ3) is 3.57. The van der Waals surface area contributed by atoms with Crippen LogP contribution in [-0.4, -0.2) is 14.3 Å². The number of hydrogen-bond acceptors (Lipinski definition) is 4. The summed E-state index contributed by atoms with van der Waals surface area (Å²) in [6.07, 6.45) is 0. The van der Waals surface area contributed by atoms with Gasteiger partial charge in [0.1, 0.15) is 4.21 Å². The molecule has 0 saturated carbocycles. The Balaban J connectivity index is 1.88. The summed E-state index contributed by atoms with van der Waals surface area (Å²) in [5.74, 6) is -0.306. The first-order valence-corrected chi connectivity index (χ1v) is 10.4. The van der Waals surface area contributed by atoms with Crippen LogP contribution in [0.2, 0.25) is 0 Å². The number of thiophene rings is 1. The molecule has 3 aromatic rings. The fraction of sp³-hybridized carbons (Fsp3) is 0.150. The van der Waals surface area contributed by atoms with Gasteiger partial charge in [-0.25, -0.2) is 8.42 Å². The van der Waals surface area contributed by atoms with Crippen LogP contribution in [0.1, 0.15) is 26.4 Å². The standard InChI is InChI=1S/C20H19NO3S2/c1-13-11-14(2)19(15(3)12-13)21-20(22)17-9-10-18(25-17)26(23,24)16-7-5-4-6-8-16/h4-12H,1-3H3,(H,21,22). The van der Waals surface area contributed by atoms with Gasteiger partial charge in [0, 0.05) is 5.69 Å². The van der Waals surface area contributed by atoms with E-state index < -0.39 is 9.84 Å². The topological polar surface area (TPSA) is 63.2 Å². The van der Waals surface area contributed by atoms with Crippen molar-refractivity contribution < 1.29 is 13.2 Å². The van der Waals surface area contributed by atoms with Crippen LogP contribution in [0.15, 0.2) is 63.7 Å². The molecule has 0 radical (unpaired) electrons. The van der Waals surface area contributed by atoms with Gasteiger partial charge in [-0.1, -0.05) is 35.9 Å². The number of sulfone groups is 1. The Bertz CT molecular complexity index is 1040. The smallest absolute Gasteiger partial charge is 0.265 e. The number of benzene rings is 2. The highest BCUT2D eigenvalue weighted by Crippen LogP contribution is 2.29. The van der Waals surface area contributed by atoms with E-state index in [1.807, 2.05) is 32.9 Å². The average molecular weight is 386 g/mol. The number of carbonyl (C=O) groups excluding carboxylic acids is 1. The highest BCUT2D eigenvalue weighted by Gasteiger charge is 2.22. The van der Waals surface area contributed by atoms with Gasteiger partial charge in [-0.2, -0.15) is 0 Å². The summed E-state index contributed by atoms with van der Waals surface area (Å²) < 4.78 is 25.5. The predicted molar refractivity (Wildman–Crippen MR) is 105 cm³/mol. The maximum atomic E-state index is 12.7. The van der Waals surface area contributed by atoms with Crippen molar-refractivity contribution in [2.75, 3.05) is 5.32 Å². The normalized spacial score (nSPS) is 11.3. The van der Waals surface area contributed by atoms with Gasteiger partial charge < -0.3 is 5.32 Å². The van der Waals surface area contributed by atoms with Crippen molar-refractivity contribution in [1.82, 2.24) is 0 Å². The fourth-order valence-corrected chi connectivity index (χ4v) is 5.48. The van der Waals surface area contributed by atoms with Crippen LogP contribution in [0.3, 0.4) is 0 Å². The van der Waals surface area contributed by atoms with E-state index in [4.69, 9.17) is 0 Å². The SMILES string of the molecule is Cc1cc(C)c(NC(=O)c2ccc(S(=O)(=O)c3ccccc3)s2)c(C)c1. The number of amides is 1. The maximum Gasteiger partial charge on any atom is 0.265 e. The molecule has 0 spiro atoms. The molecule has 1 amide bonds. The van der Waals surface area contributed by atoms with Crippen molar-refractivity contribution in [1.29, 1.82) is 0 Å². The second-order valence-electron chi connectivity index (χ2n) is 6.16. The van der Waals surface area contributed by atoms with E-state index in [1.54, 1.807) is 36.4 Å². The first kappa shape index (κ1) is 18.4. The second kappa shape index (κ2) is 7.05. The molecule has 134 valence electrons. The van der Waals surface area contributed by atoms with Crippen molar-refractivity contribution in [3.8, 4) is 0 Å². The van der Waals surface area contributed by atoms with Gasteiger partial charge in [0.05, 0.1) is 9.77 Å². The quantitative estimate of drug-likeness (QED) is 0.704. The van der Waals surface area contributed by atoms with E-state index in [0.29, 0.717) is 4.88 Å². The largest absolute Gasteiger partial charge is 0.321 e. The Kier molecular flexibility index (Phi) is 4.98. The maximum absolute atomic E-state index is 12.7. The van der Waals surface area contributed by atoms with Crippen molar-refractivity contribution in [3.05, 3.63) is 76.2 Å². The minimum Gasteiger partial charge on any atom is -0.321 e. The van der Waals surface area contributed by atoms with Crippen LogP contribution < -0.4 is 5.32 Å². The molecule has 0 atom stereocenters. The third-order valence-corrected chi connectivity index (χ3v) is 7.38. The molecule has 0 unspecified atom stereocenters. The van der Waals surface area contributed by atoms with Gasteiger partial charge >= 0.3 is 0 Å². The summed E-state index contributed by atoms with van der Waals surface area (Å²) in [6, 6.07) is 15.3. The zero-order valence-corrected chi connectivity index (χ0v) is 16.4. The molecule has 0 saturated heterocycles. The predicted octanol–water partition coefficient (Wildman–Crippen LogP) is 4.76. The van der Waals surface area contributed by atoms with Crippen LogP contribution in [0.5, 0.6) is 0 Å². The summed E-state index contributed by atoms with van der Waals surface area (Å²) in [5, 5.41) is 2.90. The molecule has 0 fully saturated rings. The Hall–Kier alpha value is -2.44. The molecule has 1 aromatic heterocycles. The molecule has 0 aliphatic rings. The Morgan fingerprint density at radius 1 is 0.923 bits per heavy atom. The first-order chi connectivity index (χ1) is 12.3. The molecular weight excluding hydrogens is 366 g/mol. The van der Waals surface area contributed by atoms with E-state index >= 15 is 0 Å². The van der Waals surface area contributed by atoms with Crippen LogP contribution >= 0.6 is 11.3 Å². The lowest BCUT2D eigenvalue weighted by atomic mass is 10.1. The third-order valence-electron chi connectivity index (χ3n) is 4.04. The summed E-state index contributed by atoms with van der Waals surface area (Å²) in [6.45, 7) is 5.89. The Morgan fingerprint density at radius 3 is 2.15 bits per heavy atom. The van der Waals surface area contributed by atoms with Crippen molar-refractivity contribution >= 4 is 32.8 Å². The average Bonchev–Trinajstić information content (AvgIpc) is 3.09. The number of carbonyl (C=O) groups is 1. The number of aryl methyl sites for hydroxylation is 3. The van der Waals surface area contributed by atoms with Crippen molar-refractivity contribution in [2.24, 2.45) is 0 Å². The van der Waals surface area contributed by atoms with Crippen LogP contribution in [0.4, 0.5) is 5.69 Å². The van der Waals surface area contributed by atoms with Gasteiger partial charge in [-0.15, -0.1) is 11.3 Å². The molecule has 2 aromatic carbocycles. The first-order valence-electron chi connectivity index (χ1n) is 8.08. The van der Waals surface area contributed by atoms with Gasteiger partial charge in [0.25, 0.3) is 5.91 Å². The van der Waals surface area contributed by atoms with E-state index in [0.717, 1.165) is 33.7 Å². The molecule has 0 bridgehead atoms. The van der Waals surface area contributed by atoms with E-state index in [9.17, 15) is 13.2 Å². The van der Waals surface area contributed by atoms with Crippen LogP contribution in [-0.2, 0) is 9.84 Å². The number of anilines is 1. The second-order valence-corrected chi connectivity index (χ2v) is 9.42. The van der Waals surface area contributed by atoms with Gasteiger partial charge in [-0.3, -0.25) is 4.79 Å². The van der Waals surface area contributed by atoms with Crippen LogP contribution in [0.25, 0.3) is 0 Å². The molecule has 3 rings (SSSR count). The summed E-state index contributed by atoms with van der Waals surface area (Å²) in [4.78, 5) is 13.2. The van der Waals surface area contributed by atoms with Crippen LogP contribution in [0, 0.1) is 20.8 Å². The fourth-order valence-electron chi connectivity index (χ4n) is 2.85. The van der Waals surface area contributed by atoms with Gasteiger partial charge in [0.15, 0.2) is 0 Å². The van der Waals surface area contributed by atoms with Gasteiger partial charge in [0.2, 0.25) is 9.84 Å². The lowest BCUT2D eigenvalue weighted by Crippen LogP contribution is -2.12. The zero-order chi connectivity index (χ0) is 18.9. The van der Waals surface area contributed by atoms with Crippen molar-refractivity contribution in [3.63, 3.8) is 0 Å². The monoisotopic (exact) mass is 385 g/mol. The highest BCUT2D eigenvalue weighted by molar-refractivity contribution is 7.93. The summed E-state index contributed by atoms with van der Waals surface area (Å²) in [7, 11) is -3.61. The van der Waals surface area contributed by atoms with E-state index in [1.165, 1.54) is 6.07 Å².